The number of amides is 1. The summed E-state index contributed by atoms with van der Waals surface area (Å²) in [6.07, 6.45) is -5.24. The highest BCUT2D eigenvalue weighted by molar-refractivity contribution is 6.42. The molecule has 0 atom stereocenters. The summed E-state index contributed by atoms with van der Waals surface area (Å²) < 4.78 is 59.5. The van der Waals surface area contributed by atoms with Gasteiger partial charge in [0, 0.05) is 12.1 Å². The van der Waals surface area contributed by atoms with Crippen LogP contribution in [0.15, 0.2) is 34.9 Å². The number of halogens is 5. The van der Waals surface area contributed by atoms with Crippen molar-refractivity contribution in [3.05, 3.63) is 46.3 Å². The first-order valence-electron chi connectivity index (χ1n) is 6.61. The second kappa shape index (κ2) is 6.23. The first kappa shape index (κ1) is 17.6. The van der Waals surface area contributed by atoms with Gasteiger partial charge in [0.25, 0.3) is 0 Å². The number of carbonyl (C=O) groups is 1. The summed E-state index contributed by atoms with van der Waals surface area (Å²) in [6, 6.07) is 5.10. The van der Waals surface area contributed by atoms with E-state index in [0.29, 0.717) is 0 Å². The molecule has 134 valence electrons. The summed E-state index contributed by atoms with van der Waals surface area (Å²) in [6.45, 7) is -0.378. The van der Waals surface area contributed by atoms with Crippen LogP contribution < -0.4 is 14.8 Å². The molecule has 0 saturated carbocycles. The van der Waals surface area contributed by atoms with E-state index in [-0.39, 0.29) is 33.9 Å². The minimum absolute atomic E-state index is 0.0395. The topological polar surface area (TPSA) is 69.9 Å². The molecular weight excluding hydrogens is 390 g/mol. The van der Waals surface area contributed by atoms with Crippen molar-refractivity contribution in [1.82, 2.24) is 5.32 Å². The first-order chi connectivity index (χ1) is 11.7. The Balaban J connectivity index is 1.78. The lowest BCUT2D eigenvalue weighted by Gasteiger charge is -2.29. The number of alkyl carbamates (subject to hydrolysis) is 1. The lowest BCUT2D eigenvalue weighted by Crippen LogP contribution is -2.64. The van der Waals surface area contributed by atoms with Crippen molar-refractivity contribution >= 4 is 29.3 Å². The molecule has 2 heterocycles. The minimum atomic E-state index is -5.13. The number of hydrogen-bond donors (Lipinski definition) is 1. The van der Waals surface area contributed by atoms with Gasteiger partial charge < -0.3 is 18.6 Å². The number of benzene rings is 1. The molecule has 0 radical (unpaired) electrons. The van der Waals surface area contributed by atoms with Gasteiger partial charge in [-0.15, -0.1) is 0 Å². The first-order valence-corrected chi connectivity index (χ1v) is 7.37. The summed E-state index contributed by atoms with van der Waals surface area (Å²) >= 11 is 11.5. The summed E-state index contributed by atoms with van der Waals surface area (Å²) in [7, 11) is 0. The molecule has 0 saturated heterocycles. The number of hydrogen-bond acceptors (Lipinski definition) is 5. The maximum absolute atomic E-state index is 13.5. The fourth-order valence-electron chi connectivity index (χ4n) is 1.94. The molecule has 0 fully saturated rings. The molecule has 1 aromatic heterocycles. The molecule has 0 spiro atoms. The molecule has 1 amide bonds. The van der Waals surface area contributed by atoms with Crippen molar-refractivity contribution in [2.24, 2.45) is 0 Å². The molecule has 6 nitrogen and oxygen atoms in total. The van der Waals surface area contributed by atoms with E-state index < -0.39 is 18.2 Å². The third kappa shape index (κ3) is 3.42. The van der Waals surface area contributed by atoms with Crippen molar-refractivity contribution in [3.63, 3.8) is 0 Å². The second-order valence-electron chi connectivity index (χ2n) is 4.81. The van der Waals surface area contributed by atoms with Crippen LogP contribution in [0.3, 0.4) is 0 Å². The van der Waals surface area contributed by atoms with Gasteiger partial charge in [-0.25, -0.2) is 10.1 Å². The van der Waals surface area contributed by atoms with Crippen LogP contribution in [0.2, 0.25) is 10.0 Å². The Bertz CT molecular complexity index is 764. The van der Waals surface area contributed by atoms with Gasteiger partial charge in [-0.3, -0.25) is 0 Å². The smallest absolute Gasteiger partial charge is 0.466 e. The third-order valence-electron chi connectivity index (χ3n) is 3.06. The van der Waals surface area contributed by atoms with Crippen molar-refractivity contribution in [2.45, 2.75) is 18.7 Å². The van der Waals surface area contributed by atoms with E-state index in [1.165, 1.54) is 23.7 Å². The van der Waals surface area contributed by atoms with Crippen LogP contribution >= 0.6 is 23.2 Å². The molecule has 0 unspecified atom stereocenters. The predicted octanol–water partition coefficient (Wildman–Crippen LogP) is 4.50. The summed E-state index contributed by atoms with van der Waals surface area (Å²) in [5, 5.41) is 1.44. The molecule has 2 aromatic rings. The van der Waals surface area contributed by atoms with Crippen molar-refractivity contribution in [2.75, 3.05) is 0 Å². The minimum Gasteiger partial charge on any atom is -0.466 e. The highest BCUT2D eigenvalue weighted by Gasteiger charge is 2.66. The Morgan fingerprint density at radius 1 is 1.20 bits per heavy atom. The Labute approximate surface area is 148 Å². The molecule has 0 bridgehead atoms. The van der Waals surface area contributed by atoms with Gasteiger partial charge in [-0.05, 0) is 12.1 Å². The van der Waals surface area contributed by atoms with Crippen molar-refractivity contribution in [3.8, 4) is 11.5 Å². The fraction of sp³-hybridized carbons (Fsp3) is 0.214. The van der Waals surface area contributed by atoms with Crippen LogP contribution in [0.25, 0.3) is 0 Å². The quantitative estimate of drug-likeness (QED) is 0.825. The number of ether oxygens (including phenoxy) is 3. The van der Waals surface area contributed by atoms with Crippen molar-refractivity contribution in [1.29, 1.82) is 0 Å². The molecule has 25 heavy (non-hydrogen) atoms. The maximum atomic E-state index is 13.5. The lowest BCUT2D eigenvalue weighted by molar-refractivity contribution is -0.319. The lowest BCUT2D eigenvalue weighted by atomic mass is 10.3. The predicted molar refractivity (Wildman–Crippen MR) is 78.5 cm³/mol. The number of rotatable bonds is 3. The van der Waals surface area contributed by atoms with E-state index in [0.717, 1.165) is 12.1 Å². The Morgan fingerprint density at radius 3 is 2.28 bits per heavy atom. The zero-order valence-electron chi connectivity index (χ0n) is 12.0. The number of fused-ring (bicyclic) bond motifs is 1. The largest absolute Gasteiger partial charge is 0.492 e. The van der Waals surface area contributed by atoms with E-state index in [1.807, 2.05) is 0 Å². The van der Waals surface area contributed by atoms with Crippen LogP contribution in [0.4, 0.5) is 18.0 Å². The zero-order chi connectivity index (χ0) is 18.2. The molecule has 1 aliphatic rings. The molecular formula is C14H8Cl2F3NO5. The van der Waals surface area contributed by atoms with E-state index in [2.05, 4.69) is 4.74 Å². The summed E-state index contributed by atoms with van der Waals surface area (Å²) in [4.78, 5) is 11.7. The highest BCUT2D eigenvalue weighted by Crippen LogP contribution is 2.47. The SMILES string of the molecule is O=C(NC1(C(F)(F)F)Oc2cc(Cl)c(Cl)cc2O1)OCc1ccco1. The van der Waals surface area contributed by atoms with Gasteiger partial charge in [0.1, 0.15) is 5.76 Å². The van der Waals surface area contributed by atoms with Crippen LogP contribution in [-0.4, -0.2) is 18.2 Å². The Kier molecular flexibility index (Phi) is 4.38. The third-order valence-corrected chi connectivity index (χ3v) is 3.78. The van der Waals surface area contributed by atoms with Gasteiger partial charge in [0.15, 0.2) is 18.1 Å². The van der Waals surface area contributed by atoms with Crippen LogP contribution in [-0.2, 0) is 11.3 Å². The van der Waals surface area contributed by atoms with E-state index >= 15 is 0 Å². The zero-order valence-corrected chi connectivity index (χ0v) is 13.5. The van der Waals surface area contributed by atoms with E-state index in [4.69, 9.17) is 37.1 Å². The summed E-state index contributed by atoms with van der Waals surface area (Å²) in [5.74, 6) is -3.90. The molecule has 11 heteroatoms. The van der Waals surface area contributed by atoms with Gasteiger partial charge in [-0.1, -0.05) is 23.2 Å². The van der Waals surface area contributed by atoms with Crippen LogP contribution in [0.1, 0.15) is 5.76 Å². The number of furan rings is 1. The van der Waals surface area contributed by atoms with Gasteiger partial charge in [0.2, 0.25) is 0 Å². The molecule has 1 aliphatic heterocycles. The molecule has 0 aliphatic carbocycles. The number of carbonyl (C=O) groups excluding carboxylic acids is 1. The van der Waals surface area contributed by atoms with E-state index in [1.54, 1.807) is 0 Å². The molecule has 1 N–H and O–H groups in total. The Morgan fingerprint density at radius 2 is 1.80 bits per heavy atom. The normalized spacial score (nSPS) is 15.1. The van der Waals surface area contributed by atoms with Crippen LogP contribution in [0.5, 0.6) is 11.5 Å². The van der Waals surface area contributed by atoms with Gasteiger partial charge in [-0.2, -0.15) is 13.2 Å². The number of nitrogens with one attached hydrogen (secondary N) is 1. The van der Waals surface area contributed by atoms with Gasteiger partial charge >= 0.3 is 18.2 Å². The average Bonchev–Trinajstić information content (AvgIpc) is 3.13. The van der Waals surface area contributed by atoms with Crippen LogP contribution in [0, 0.1) is 0 Å². The molecule has 3 rings (SSSR count). The van der Waals surface area contributed by atoms with E-state index in [9.17, 15) is 18.0 Å². The monoisotopic (exact) mass is 397 g/mol. The Hall–Kier alpha value is -2.26. The van der Waals surface area contributed by atoms with Crippen molar-refractivity contribution < 1.29 is 36.6 Å². The number of alkyl halides is 3. The standard InChI is InChI=1S/C14H8Cl2F3NO5/c15-8-4-10-11(5-9(8)16)25-14(24-10,13(17,18)19)20-12(21)23-6-7-2-1-3-22-7/h1-5H,6H2,(H,20,21). The second-order valence-corrected chi connectivity index (χ2v) is 5.63. The maximum Gasteiger partial charge on any atom is 0.492 e. The van der Waals surface area contributed by atoms with Gasteiger partial charge in [0.05, 0.1) is 16.3 Å². The highest BCUT2D eigenvalue weighted by atomic mass is 35.5. The fourth-order valence-corrected chi connectivity index (χ4v) is 2.25. The molecule has 1 aromatic carbocycles. The average molecular weight is 398 g/mol. The summed E-state index contributed by atoms with van der Waals surface area (Å²) in [5.41, 5.74) is 0.